The third kappa shape index (κ3) is 5.06. The Morgan fingerprint density at radius 1 is 0.840 bits per heavy atom. The lowest BCUT2D eigenvalue weighted by molar-refractivity contribution is 0.160. The maximum Gasteiger partial charge on any atom is 0.0812 e. The van der Waals surface area contributed by atoms with Gasteiger partial charge in [0.1, 0.15) is 0 Å². The lowest BCUT2D eigenvalue weighted by atomic mass is 9.96. The van der Waals surface area contributed by atoms with Gasteiger partial charge in [-0.1, -0.05) is 60.2 Å². The summed E-state index contributed by atoms with van der Waals surface area (Å²) in [6.45, 7) is 2.06. The minimum absolute atomic E-state index is 0.0394. The third-order valence-electron chi connectivity index (χ3n) is 4.31. The summed E-state index contributed by atoms with van der Waals surface area (Å²) in [6, 6.07) is 26.8. The highest BCUT2D eigenvalue weighted by molar-refractivity contribution is 14.1. The molecule has 3 aromatic rings. The van der Waals surface area contributed by atoms with E-state index in [2.05, 4.69) is 71.2 Å². The largest absolute Gasteiger partial charge is 0.388 e. The van der Waals surface area contributed by atoms with Crippen LogP contribution in [0, 0.1) is 10.5 Å². The zero-order valence-electron chi connectivity index (χ0n) is 14.2. The van der Waals surface area contributed by atoms with E-state index in [9.17, 15) is 5.11 Å². The molecule has 0 aliphatic rings. The fourth-order valence-corrected chi connectivity index (χ4v) is 3.22. The van der Waals surface area contributed by atoms with Crippen LogP contribution in [0.1, 0.15) is 35.3 Å². The van der Waals surface area contributed by atoms with Gasteiger partial charge < -0.3 is 10.4 Å². The Hall–Kier alpha value is -1.85. The molecule has 0 saturated carbocycles. The number of hydrogen-bond donors (Lipinski definition) is 2. The summed E-state index contributed by atoms with van der Waals surface area (Å²) < 4.78 is 1.21. The van der Waals surface area contributed by atoms with Gasteiger partial charge in [0.05, 0.1) is 12.1 Å². The van der Waals surface area contributed by atoms with Crippen molar-refractivity contribution in [1.29, 1.82) is 0 Å². The van der Waals surface area contributed by atoms with Crippen LogP contribution in [0.2, 0.25) is 0 Å². The monoisotopic (exact) mass is 443 g/mol. The van der Waals surface area contributed by atoms with Crippen molar-refractivity contribution < 1.29 is 5.11 Å². The minimum atomic E-state index is -0.512. The quantitative estimate of drug-likeness (QED) is 0.467. The molecule has 3 rings (SSSR count). The molecule has 0 radical (unpaired) electrons. The van der Waals surface area contributed by atoms with Crippen molar-refractivity contribution in [3.8, 4) is 0 Å². The van der Waals surface area contributed by atoms with E-state index in [4.69, 9.17) is 0 Å². The molecule has 0 fully saturated rings. The predicted molar refractivity (Wildman–Crippen MR) is 113 cm³/mol. The summed E-state index contributed by atoms with van der Waals surface area (Å²) in [5.41, 5.74) is 4.39. The van der Waals surface area contributed by atoms with Crippen molar-refractivity contribution in [3.63, 3.8) is 0 Å². The minimum Gasteiger partial charge on any atom is -0.388 e. The number of nitrogens with one attached hydrogen (secondary N) is 1. The summed E-state index contributed by atoms with van der Waals surface area (Å²) in [5, 5.41) is 14.3. The molecule has 2 atom stereocenters. The summed E-state index contributed by atoms with van der Waals surface area (Å²) in [6.07, 6.45) is 0.0983. The Kier molecular flexibility index (Phi) is 6.10. The van der Waals surface area contributed by atoms with Crippen LogP contribution in [0.4, 0.5) is 5.69 Å². The maximum atomic E-state index is 10.7. The molecule has 25 heavy (non-hydrogen) atoms. The van der Waals surface area contributed by atoms with Crippen molar-refractivity contribution >= 4 is 28.3 Å². The van der Waals surface area contributed by atoms with E-state index in [1.165, 1.54) is 14.7 Å². The second-order valence-corrected chi connectivity index (χ2v) is 7.52. The van der Waals surface area contributed by atoms with Gasteiger partial charge in [0.15, 0.2) is 0 Å². The summed E-state index contributed by atoms with van der Waals surface area (Å²) in [4.78, 5) is 0. The molecule has 0 aromatic heterocycles. The second-order valence-electron chi connectivity index (χ2n) is 6.28. The van der Waals surface area contributed by atoms with Gasteiger partial charge in [0.25, 0.3) is 0 Å². The number of benzene rings is 3. The first-order chi connectivity index (χ1) is 12.1. The van der Waals surface area contributed by atoms with E-state index >= 15 is 0 Å². The predicted octanol–water partition coefficient (Wildman–Crippen LogP) is 5.88. The molecule has 2 unspecified atom stereocenters. The normalized spacial score (nSPS) is 13.2. The fourth-order valence-electron chi connectivity index (χ4n) is 2.86. The third-order valence-corrected chi connectivity index (χ3v) is 5.03. The van der Waals surface area contributed by atoms with E-state index in [1.807, 2.05) is 42.5 Å². The Balaban J connectivity index is 1.81. The zero-order valence-corrected chi connectivity index (χ0v) is 16.4. The van der Waals surface area contributed by atoms with E-state index < -0.39 is 6.10 Å². The van der Waals surface area contributed by atoms with Crippen molar-refractivity contribution in [3.05, 3.63) is 99.1 Å². The number of halogens is 1. The molecule has 0 aliphatic carbocycles. The van der Waals surface area contributed by atoms with Crippen LogP contribution in [-0.4, -0.2) is 5.11 Å². The number of aliphatic hydroxyl groups excluding tert-OH is 1. The van der Waals surface area contributed by atoms with Gasteiger partial charge in [-0.2, -0.15) is 0 Å². The van der Waals surface area contributed by atoms with Gasteiger partial charge in [0.2, 0.25) is 0 Å². The van der Waals surface area contributed by atoms with Crippen LogP contribution in [0.3, 0.4) is 0 Å². The standard InChI is InChI=1S/C22H22INO/c1-16-7-9-18(10-8-16)22(25)15-21(17-5-3-2-4-6-17)24-20-13-11-19(23)12-14-20/h2-14,21-22,24-25H,15H2,1H3. The lowest BCUT2D eigenvalue weighted by Gasteiger charge is -2.23. The molecule has 0 aliphatic heterocycles. The number of aliphatic hydroxyl groups is 1. The van der Waals surface area contributed by atoms with Crippen molar-refractivity contribution in [2.75, 3.05) is 5.32 Å². The van der Waals surface area contributed by atoms with Gasteiger partial charge in [-0.25, -0.2) is 0 Å². The summed E-state index contributed by atoms with van der Waals surface area (Å²) in [7, 11) is 0. The van der Waals surface area contributed by atoms with Crippen LogP contribution in [0.5, 0.6) is 0 Å². The number of rotatable bonds is 6. The van der Waals surface area contributed by atoms with Crippen LogP contribution in [0.15, 0.2) is 78.9 Å². The first-order valence-electron chi connectivity index (χ1n) is 8.43. The molecule has 2 N–H and O–H groups in total. The molecule has 3 heteroatoms. The lowest BCUT2D eigenvalue weighted by Crippen LogP contribution is -2.15. The van der Waals surface area contributed by atoms with Crippen LogP contribution in [0.25, 0.3) is 0 Å². The average molecular weight is 443 g/mol. The highest BCUT2D eigenvalue weighted by atomic mass is 127. The number of anilines is 1. The summed E-state index contributed by atoms with van der Waals surface area (Å²) >= 11 is 2.30. The van der Waals surface area contributed by atoms with E-state index in [0.717, 1.165) is 11.3 Å². The first kappa shape index (κ1) is 18.0. The van der Waals surface area contributed by atoms with Crippen molar-refractivity contribution in [2.45, 2.75) is 25.5 Å². The van der Waals surface area contributed by atoms with Gasteiger partial charge >= 0.3 is 0 Å². The SMILES string of the molecule is Cc1ccc(C(O)CC(Nc2ccc(I)cc2)c2ccccc2)cc1. The van der Waals surface area contributed by atoms with Crippen molar-refractivity contribution in [1.82, 2.24) is 0 Å². The molecule has 2 nitrogen and oxygen atoms in total. The van der Waals surface area contributed by atoms with E-state index in [1.54, 1.807) is 0 Å². The molecule has 0 saturated heterocycles. The highest BCUT2D eigenvalue weighted by Crippen LogP contribution is 2.30. The Morgan fingerprint density at radius 2 is 1.48 bits per heavy atom. The van der Waals surface area contributed by atoms with Gasteiger partial charge in [0, 0.05) is 15.7 Å². The van der Waals surface area contributed by atoms with Gasteiger partial charge in [-0.3, -0.25) is 0 Å². The first-order valence-corrected chi connectivity index (χ1v) is 9.51. The van der Waals surface area contributed by atoms with Crippen LogP contribution < -0.4 is 5.32 Å². The highest BCUT2D eigenvalue weighted by Gasteiger charge is 2.18. The fraction of sp³-hybridized carbons (Fsp3) is 0.182. The van der Waals surface area contributed by atoms with Crippen LogP contribution in [-0.2, 0) is 0 Å². The van der Waals surface area contributed by atoms with E-state index in [0.29, 0.717) is 6.42 Å². The molecule has 3 aromatic carbocycles. The second kappa shape index (κ2) is 8.50. The molecule has 0 amide bonds. The van der Waals surface area contributed by atoms with Gasteiger partial charge in [-0.05, 0) is 64.9 Å². The Morgan fingerprint density at radius 3 is 2.12 bits per heavy atom. The van der Waals surface area contributed by atoms with Gasteiger partial charge in [-0.15, -0.1) is 0 Å². The summed E-state index contributed by atoms with van der Waals surface area (Å²) in [5.74, 6) is 0. The number of aryl methyl sites for hydroxylation is 1. The maximum absolute atomic E-state index is 10.7. The number of hydrogen-bond acceptors (Lipinski definition) is 2. The molecular weight excluding hydrogens is 421 g/mol. The zero-order chi connectivity index (χ0) is 17.6. The molecule has 0 bridgehead atoms. The molecule has 128 valence electrons. The Labute approximate surface area is 163 Å². The molecular formula is C22H22INO. The van der Waals surface area contributed by atoms with Crippen LogP contribution >= 0.6 is 22.6 Å². The molecule has 0 spiro atoms. The van der Waals surface area contributed by atoms with E-state index in [-0.39, 0.29) is 6.04 Å². The molecule has 0 heterocycles. The average Bonchev–Trinajstić information content (AvgIpc) is 2.64. The smallest absolute Gasteiger partial charge is 0.0812 e. The van der Waals surface area contributed by atoms with Crippen molar-refractivity contribution in [2.24, 2.45) is 0 Å². The topological polar surface area (TPSA) is 32.3 Å². The Bertz CT molecular complexity index is 785.